The molecule has 4 aromatic rings. The Hall–Kier alpha value is -4.65. The molecular formula is C35H42N4O7S. The molecule has 12 heteroatoms. The molecule has 0 aliphatic rings. The summed E-state index contributed by atoms with van der Waals surface area (Å²) in [4.78, 5) is 27.1. The molecule has 47 heavy (non-hydrogen) atoms. The maximum Gasteiger partial charge on any atom is 0.251 e. The van der Waals surface area contributed by atoms with Gasteiger partial charge in [-0.1, -0.05) is 42.5 Å². The zero-order valence-corrected chi connectivity index (χ0v) is 28.0. The van der Waals surface area contributed by atoms with Crippen molar-refractivity contribution >= 4 is 27.5 Å². The van der Waals surface area contributed by atoms with Crippen molar-refractivity contribution in [3.05, 3.63) is 119 Å². The molecule has 0 aliphatic carbocycles. The van der Waals surface area contributed by atoms with Crippen LogP contribution in [0, 0.1) is 0 Å². The van der Waals surface area contributed by atoms with Gasteiger partial charge in [0.25, 0.3) is 11.8 Å². The lowest BCUT2D eigenvalue weighted by atomic mass is 9.99. The second-order valence-corrected chi connectivity index (χ2v) is 13.5. The SMILES string of the molecule is COc1cccc([C@@H](C)NC[C@@H](O)[C@H](Cc2ccccc2)NC(=O)c2cc(C(=O)NC(C)c3ccco3)cc(N(C)S(C)(=O)=O)c2)c1. The summed E-state index contributed by atoms with van der Waals surface area (Å²) < 4.78 is 36.6. The number of carbonyl (C=O) groups is 2. The highest BCUT2D eigenvalue weighted by Gasteiger charge is 2.25. The van der Waals surface area contributed by atoms with Crippen LogP contribution in [0.2, 0.25) is 0 Å². The van der Waals surface area contributed by atoms with E-state index < -0.39 is 40.0 Å². The first-order valence-corrected chi connectivity index (χ1v) is 17.0. The minimum Gasteiger partial charge on any atom is -0.497 e. The van der Waals surface area contributed by atoms with Gasteiger partial charge in [0, 0.05) is 30.8 Å². The lowest BCUT2D eigenvalue weighted by Crippen LogP contribution is -2.49. The number of anilines is 1. The second kappa shape index (κ2) is 15.8. The number of nitrogens with zero attached hydrogens (tertiary/aromatic N) is 1. The summed E-state index contributed by atoms with van der Waals surface area (Å²) in [5.74, 6) is 0.150. The maximum absolute atomic E-state index is 13.8. The number of hydrogen-bond donors (Lipinski definition) is 4. The fraction of sp³-hybridized carbons (Fsp3) is 0.314. The average Bonchev–Trinajstić information content (AvgIpc) is 3.62. The van der Waals surface area contributed by atoms with Gasteiger partial charge in [0.2, 0.25) is 10.0 Å². The van der Waals surface area contributed by atoms with E-state index in [1.54, 1.807) is 26.2 Å². The van der Waals surface area contributed by atoms with Crippen LogP contribution >= 0.6 is 0 Å². The molecule has 0 fully saturated rings. The molecule has 0 saturated heterocycles. The number of nitrogens with one attached hydrogen (secondary N) is 3. The number of furan rings is 1. The van der Waals surface area contributed by atoms with Crippen LogP contribution in [-0.4, -0.2) is 64.4 Å². The molecule has 0 spiro atoms. The molecule has 0 bridgehead atoms. The van der Waals surface area contributed by atoms with Crippen LogP contribution in [0.15, 0.2) is 95.6 Å². The number of amides is 2. The van der Waals surface area contributed by atoms with Crippen LogP contribution in [0.4, 0.5) is 5.69 Å². The Labute approximate surface area is 276 Å². The van der Waals surface area contributed by atoms with Gasteiger partial charge in [-0.15, -0.1) is 0 Å². The highest BCUT2D eigenvalue weighted by Crippen LogP contribution is 2.23. The predicted octanol–water partition coefficient (Wildman–Crippen LogP) is 4.23. The number of hydrogen-bond acceptors (Lipinski definition) is 8. The first-order valence-electron chi connectivity index (χ1n) is 15.2. The topological polar surface area (TPSA) is 150 Å². The van der Waals surface area contributed by atoms with Crippen LogP contribution in [0.3, 0.4) is 0 Å². The van der Waals surface area contributed by atoms with Gasteiger partial charge in [-0.3, -0.25) is 13.9 Å². The van der Waals surface area contributed by atoms with E-state index in [-0.39, 0.29) is 29.4 Å². The monoisotopic (exact) mass is 662 g/mol. The molecule has 1 unspecified atom stereocenters. The third kappa shape index (κ3) is 9.67. The van der Waals surface area contributed by atoms with Gasteiger partial charge in [-0.05, 0) is 73.9 Å². The number of carbonyl (C=O) groups excluding carboxylic acids is 2. The Morgan fingerprint density at radius 3 is 2.19 bits per heavy atom. The van der Waals surface area contributed by atoms with Crippen molar-refractivity contribution in [1.29, 1.82) is 0 Å². The molecule has 4 atom stereocenters. The Bertz CT molecular complexity index is 1750. The molecule has 0 aliphatic heterocycles. The Morgan fingerprint density at radius 1 is 0.894 bits per heavy atom. The summed E-state index contributed by atoms with van der Waals surface area (Å²) in [6, 6.07) is 23.4. The van der Waals surface area contributed by atoms with Crippen LogP contribution in [0.25, 0.3) is 0 Å². The first-order chi connectivity index (χ1) is 22.3. The summed E-state index contributed by atoms with van der Waals surface area (Å²) in [7, 11) is -0.776. The van der Waals surface area contributed by atoms with Crippen molar-refractivity contribution in [2.45, 2.75) is 44.5 Å². The summed E-state index contributed by atoms with van der Waals surface area (Å²) in [6.45, 7) is 3.87. The second-order valence-electron chi connectivity index (χ2n) is 11.5. The number of ether oxygens (including phenoxy) is 1. The van der Waals surface area contributed by atoms with Crippen molar-refractivity contribution in [2.75, 3.05) is 31.3 Å². The quantitative estimate of drug-likeness (QED) is 0.148. The molecule has 1 aromatic heterocycles. The van der Waals surface area contributed by atoms with Crippen molar-refractivity contribution < 1.29 is 32.3 Å². The highest BCUT2D eigenvalue weighted by atomic mass is 32.2. The van der Waals surface area contributed by atoms with Crippen LogP contribution in [0.1, 0.15) is 63.5 Å². The summed E-state index contributed by atoms with van der Waals surface area (Å²) in [5, 5.41) is 20.5. The number of benzene rings is 3. The van der Waals surface area contributed by atoms with Crippen LogP contribution < -0.4 is 25.0 Å². The van der Waals surface area contributed by atoms with Gasteiger partial charge < -0.3 is 30.2 Å². The molecule has 4 rings (SSSR count). The molecule has 11 nitrogen and oxygen atoms in total. The van der Waals surface area contributed by atoms with E-state index in [1.807, 2.05) is 61.5 Å². The third-order valence-corrected chi connectivity index (χ3v) is 9.13. The molecule has 0 radical (unpaired) electrons. The fourth-order valence-electron chi connectivity index (χ4n) is 5.01. The average molecular weight is 663 g/mol. The van der Waals surface area contributed by atoms with Gasteiger partial charge in [-0.25, -0.2) is 8.42 Å². The van der Waals surface area contributed by atoms with Gasteiger partial charge in [0.15, 0.2) is 0 Å². The highest BCUT2D eigenvalue weighted by molar-refractivity contribution is 7.92. The Kier molecular flexibility index (Phi) is 11.8. The maximum atomic E-state index is 13.8. The predicted molar refractivity (Wildman–Crippen MR) is 181 cm³/mol. The van der Waals surface area contributed by atoms with Crippen molar-refractivity contribution in [1.82, 2.24) is 16.0 Å². The van der Waals surface area contributed by atoms with E-state index in [1.165, 1.54) is 31.5 Å². The largest absolute Gasteiger partial charge is 0.497 e. The van der Waals surface area contributed by atoms with Crippen LogP contribution in [-0.2, 0) is 16.4 Å². The molecule has 1 heterocycles. The number of methoxy groups -OCH3 is 1. The van der Waals surface area contributed by atoms with E-state index in [9.17, 15) is 23.1 Å². The summed E-state index contributed by atoms with van der Waals surface area (Å²) in [6.07, 6.45) is 1.84. The van der Waals surface area contributed by atoms with Gasteiger partial charge in [-0.2, -0.15) is 0 Å². The number of aliphatic hydroxyl groups excluding tert-OH is 1. The van der Waals surface area contributed by atoms with E-state index in [2.05, 4.69) is 16.0 Å². The lowest BCUT2D eigenvalue weighted by Gasteiger charge is -2.27. The minimum atomic E-state index is -3.72. The van der Waals surface area contributed by atoms with Crippen molar-refractivity contribution in [3.63, 3.8) is 0 Å². The van der Waals surface area contributed by atoms with E-state index in [4.69, 9.17) is 9.15 Å². The first kappa shape index (κ1) is 35.2. The smallest absolute Gasteiger partial charge is 0.251 e. The third-order valence-electron chi connectivity index (χ3n) is 7.93. The Balaban J connectivity index is 1.59. The summed E-state index contributed by atoms with van der Waals surface area (Å²) in [5.41, 5.74) is 2.13. The summed E-state index contributed by atoms with van der Waals surface area (Å²) >= 11 is 0. The van der Waals surface area contributed by atoms with Crippen molar-refractivity contribution in [2.24, 2.45) is 0 Å². The zero-order chi connectivity index (χ0) is 34.1. The number of sulfonamides is 1. The zero-order valence-electron chi connectivity index (χ0n) is 27.1. The van der Waals surface area contributed by atoms with Gasteiger partial charge >= 0.3 is 0 Å². The number of aliphatic hydroxyl groups is 1. The normalized spacial score (nSPS) is 14.0. The minimum absolute atomic E-state index is 0.0526. The molecule has 3 aromatic carbocycles. The molecular weight excluding hydrogens is 620 g/mol. The number of rotatable bonds is 15. The molecule has 250 valence electrons. The van der Waals surface area contributed by atoms with E-state index in [0.717, 1.165) is 27.4 Å². The van der Waals surface area contributed by atoms with E-state index in [0.29, 0.717) is 12.2 Å². The molecule has 2 amide bonds. The standard InChI is InChI=1S/C35H42N4O7S/c1-23(26-13-9-14-30(21-26)45-4)36-22-32(40)31(17-25-11-7-6-8-12-25)38-35(42)28-18-27(19-29(20-28)39(3)47(5,43)44)34(41)37-24(2)33-15-10-16-46-33/h6-16,18-21,23-24,31-32,36,40H,17,22H2,1-5H3,(H,37,41)(H,38,42)/t23-,24?,31+,32-/m1/s1. The van der Waals surface area contributed by atoms with Gasteiger partial charge in [0.05, 0.1) is 43.5 Å². The Morgan fingerprint density at radius 2 is 1.57 bits per heavy atom. The van der Waals surface area contributed by atoms with Gasteiger partial charge in [0.1, 0.15) is 11.5 Å². The molecule has 4 N–H and O–H groups in total. The fourth-order valence-corrected chi connectivity index (χ4v) is 5.50. The van der Waals surface area contributed by atoms with E-state index >= 15 is 0 Å². The van der Waals surface area contributed by atoms with Crippen molar-refractivity contribution in [3.8, 4) is 5.75 Å². The molecule has 0 saturated carbocycles. The lowest BCUT2D eigenvalue weighted by molar-refractivity contribution is 0.0825. The van der Waals surface area contributed by atoms with Crippen LogP contribution in [0.5, 0.6) is 5.75 Å².